The topological polar surface area (TPSA) is 84.5 Å². The number of hydrogen-bond acceptors (Lipinski definition) is 6. The summed E-state index contributed by atoms with van der Waals surface area (Å²) in [5, 5.41) is 0.912. The Morgan fingerprint density at radius 2 is 1.76 bits per heavy atom. The lowest BCUT2D eigenvalue weighted by Gasteiger charge is -2.40. The van der Waals surface area contributed by atoms with Crippen LogP contribution in [0.15, 0.2) is 70.6 Å². The van der Waals surface area contributed by atoms with E-state index in [4.69, 9.17) is 9.40 Å². The number of fused-ring (bicyclic) bond motifs is 2. The van der Waals surface area contributed by atoms with Crippen LogP contribution in [-0.2, 0) is 11.3 Å². The quantitative estimate of drug-likeness (QED) is 0.181. The van der Waals surface area contributed by atoms with E-state index in [1.807, 2.05) is 17.9 Å². The highest BCUT2D eigenvalue weighted by Crippen LogP contribution is 2.36. The molecule has 0 unspecified atom stereocenters. The summed E-state index contributed by atoms with van der Waals surface area (Å²) in [6.07, 6.45) is 2.69. The summed E-state index contributed by atoms with van der Waals surface area (Å²) in [5.74, 6) is -1.04. The van der Waals surface area contributed by atoms with Crippen molar-refractivity contribution in [1.82, 2.24) is 19.4 Å². The molecule has 0 spiro atoms. The Hall–Kier alpha value is -4.86. The predicted octanol–water partition coefficient (Wildman–Crippen LogP) is 7.00. The van der Waals surface area contributed by atoms with Crippen LogP contribution in [0.5, 0.6) is 0 Å². The van der Waals surface area contributed by atoms with Gasteiger partial charge >= 0.3 is 5.69 Å². The van der Waals surface area contributed by atoms with Crippen molar-refractivity contribution in [2.45, 2.75) is 59.0 Å². The van der Waals surface area contributed by atoms with E-state index in [-0.39, 0.29) is 58.6 Å². The minimum absolute atomic E-state index is 0.116. The van der Waals surface area contributed by atoms with Crippen LogP contribution in [0.1, 0.15) is 63.1 Å². The monoisotopic (exact) mass is 625 g/mol. The van der Waals surface area contributed by atoms with Gasteiger partial charge in [-0.05, 0) is 65.8 Å². The highest BCUT2D eigenvalue weighted by molar-refractivity contribution is 5.95. The number of amides is 1. The highest BCUT2D eigenvalue weighted by atomic mass is 19.1. The molecule has 10 heteroatoms. The van der Waals surface area contributed by atoms with Gasteiger partial charge in [0, 0.05) is 31.1 Å². The second-order valence-corrected chi connectivity index (χ2v) is 12.5. The molecule has 1 aliphatic rings. The average molecular weight is 626 g/mol. The molecule has 6 rings (SSSR count). The van der Waals surface area contributed by atoms with Gasteiger partial charge in [0.25, 0.3) is 0 Å². The number of benzene rings is 2. The number of nitrogens with zero attached hydrogens (tertiary/aromatic N) is 5. The van der Waals surface area contributed by atoms with Gasteiger partial charge in [0.1, 0.15) is 28.6 Å². The predicted molar refractivity (Wildman–Crippen MR) is 176 cm³/mol. The number of anilines is 1. The van der Waals surface area contributed by atoms with E-state index < -0.39 is 17.3 Å². The summed E-state index contributed by atoms with van der Waals surface area (Å²) in [6, 6.07) is 11.6. The van der Waals surface area contributed by atoms with E-state index in [0.29, 0.717) is 30.4 Å². The molecule has 1 amide bonds. The van der Waals surface area contributed by atoms with Gasteiger partial charge in [-0.1, -0.05) is 52.5 Å². The maximum Gasteiger partial charge on any atom is 0.351 e. The number of pyridine rings is 1. The Kier molecular flexibility index (Phi) is 8.22. The van der Waals surface area contributed by atoms with Crippen LogP contribution in [-0.4, -0.2) is 51.0 Å². The molecule has 1 fully saturated rings. The Morgan fingerprint density at radius 1 is 1.04 bits per heavy atom. The van der Waals surface area contributed by atoms with E-state index in [1.54, 1.807) is 17.0 Å². The lowest BCUT2D eigenvalue weighted by Crippen LogP contribution is -2.54. The summed E-state index contributed by atoms with van der Waals surface area (Å²) in [7, 11) is 0. The molecule has 46 heavy (non-hydrogen) atoms. The minimum Gasteiger partial charge on any atom is -0.464 e. The van der Waals surface area contributed by atoms with Crippen LogP contribution in [0.3, 0.4) is 0 Å². The van der Waals surface area contributed by atoms with Crippen LogP contribution < -0.4 is 10.6 Å². The molecule has 0 saturated carbocycles. The van der Waals surface area contributed by atoms with E-state index in [1.165, 1.54) is 29.0 Å². The first-order valence-electron chi connectivity index (χ1n) is 15.6. The zero-order chi connectivity index (χ0) is 32.9. The first-order valence-corrected chi connectivity index (χ1v) is 15.6. The lowest BCUT2D eigenvalue weighted by atomic mass is 9.88. The van der Waals surface area contributed by atoms with Crippen molar-refractivity contribution in [2.24, 2.45) is 0 Å². The molecule has 1 aliphatic heterocycles. The smallest absolute Gasteiger partial charge is 0.351 e. The molecule has 1 saturated heterocycles. The fourth-order valence-electron chi connectivity index (χ4n) is 6.56. The van der Waals surface area contributed by atoms with E-state index in [0.717, 1.165) is 16.7 Å². The zero-order valence-electron chi connectivity index (χ0n) is 26.7. The fourth-order valence-corrected chi connectivity index (χ4v) is 6.56. The van der Waals surface area contributed by atoms with Crippen molar-refractivity contribution >= 4 is 33.7 Å². The van der Waals surface area contributed by atoms with Gasteiger partial charge in [-0.25, -0.2) is 18.6 Å². The Morgan fingerprint density at radius 3 is 2.41 bits per heavy atom. The van der Waals surface area contributed by atoms with E-state index >= 15 is 8.78 Å². The standard InChI is InChI=1S/C36H37F2N5O3/c1-7-30(44)41-14-15-42(22(6)18-41)35-26-17-29(38)32(31-28(37)12-11-23-13-16-46-33(23)31)39-34(26)43(36(45)40-35)19-27-24(20(2)3)9-8-10-25(27)21(4)5/h7-13,16-17,20-22H,1,14-15,18-19H2,2-6H3/t22-/m0/s1. The van der Waals surface area contributed by atoms with Crippen molar-refractivity contribution in [3.8, 4) is 11.3 Å². The van der Waals surface area contributed by atoms with Crippen LogP contribution >= 0.6 is 0 Å². The molecule has 2 aromatic carbocycles. The molecular weight excluding hydrogens is 588 g/mol. The average Bonchev–Trinajstić information content (AvgIpc) is 3.50. The normalized spacial score (nSPS) is 15.5. The molecule has 1 atom stereocenters. The summed E-state index contributed by atoms with van der Waals surface area (Å²) in [5.41, 5.74) is 2.55. The second kappa shape index (κ2) is 12.2. The van der Waals surface area contributed by atoms with Crippen molar-refractivity contribution < 1.29 is 18.0 Å². The molecule has 4 heterocycles. The van der Waals surface area contributed by atoms with Gasteiger partial charge in [-0.2, -0.15) is 4.98 Å². The molecule has 5 aromatic rings. The third-order valence-electron chi connectivity index (χ3n) is 8.89. The van der Waals surface area contributed by atoms with Crippen LogP contribution in [0.4, 0.5) is 14.6 Å². The molecule has 3 aromatic heterocycles. The summed E-state index contributed by atoms with van der Waals surface area (Å²) >= 11 is 0. The Bertz CT molecular complexity index is 2020. The summed E-state index contributed by atoms with van der Waals surface area (Å²) in [4.78, 5) is 39.2. The van der Waals surface area contributed by atoms with Crippen molar-refractivity contribution in [3.05, 3.63) is 100 Å². The molecule has 0 aliphatic carbocycles. The molecule has 0 radical (unpaired) electrons. The number of halogens is 2. The second-order valence-electron chi connectivity index (χ2n) is 12.5. The number of rotatable bonds is 7. The Balaban J connectivity index is 1.61. The fraction of sp³-hybridized carbons (Fsp3) is 0.333. The lowest BCUT2D eigenvalue weighted by molar-refractivity contribution is -0.126. The number of piperazine rings is 1. The van der Waals surface area contributed by atoms with Crippen LogP contribution in [0.25, 0.3) is 33.3 Å². The third-order valence-corrected chi connectivity index (χ3v) is 8.89. The molecular formula is C36H37F2N5O3. The van der Waals surface area contributed by atoms with Crippen molar-refractivity contribution in [3.63, 3.8) is 0 Å². The van der Waals surface area contributed by atoms with Gasteiger partial charge < -0.3 is 14.2 Å². The molecule has 0 bridgehead atoms. The van der Waals surface area contributed by atoms with Crippen molar-refractivity contribution in [1.29, 1.82) is 0 Å². The van der Waals surface area contributed by atoms with Gasteiger partial charge in [-0.3, -0.25) is 9.36 Å². The Labute approximate surface area is 266 Å². The molecule has 8 nitrogen and oxygen atoms in total. The molecule has 0 N–H and O–H groups in total. The van der Waals surface area contributed by atoms with Crippen LogP contribution in [0, 0.1) is 11.6 Å². The van der Waals surface area contributed by atoms with E-state index in [9.17, 15) is 9.59 Å². The maximum atomic E-state index is 16.2. The van der Waals surface area contributed by atoms with Gasteiger partial charge in [0.05, 0.1) is 23.8 Å². The number of hydrogen-bond donors (Lipinski definition) is 0. The first kappa shape index (κ1) is 31.1. The highest BCUT2D eigenvalue weighted by Gasteiger charge is 2.30. The third kappa shape index (κ3) is 5.35. The first-order chi connectivity index (χ1) is 22.0. The maximum absolute atomic E-state index is 16.2. The largest absolute Gasteiger partial charge is 0.464 e. The minimum atomic E-state index is -0.776. The van der Waals surface area contributed by atoms with Gasteiger partial charge in [0.2, 0.25) is 5.91 Å². The number of carbonyl (C=O) groups excluding carboxylic acids is 1. The van der Waals surface area contributed by atoms with E-state index in [2.05, 4.69) is 51.4 Å². The SMILES string of the molecule is C=CC(=O)N1CCN(c2nc(=O)n(Cc3c(C(C)C)cccc3C(C)C)c3nc(-c4c(F)ccc5ccoc45)c(F)cc23)[C@@H](C)C1. The summed E-state index contributed by atoms with van der Waals surface area (Å²) < 4.78 is 38.7. The molecule has 238 valence electrons. The van der Waals surface area contributed by atoms with Crippen LogP contribution in [0.2, 0.25) is 0 Å². The summed E-state index contributed by atoms with van der Waals surface area (Å²) in [6.45, 7) is 15.2. The number of aromatic nitrogens is 3. The number of carbonyl (C=O) groups is 1. The van der Waals surface area contributed by atoms with Crippen molar-refractivity contribution in [2.75, 3.05) is 24.5 Å². The van der Waals surface area contributed by atoms with Gasteiger partial charge in [-0.15, -0.1) is 0 Å². The number of furan rings is 1. The zero-order valence-corrected chi connectivity index (χ0v) is 26.7. The van der Waals surface area contributed by atoms with Gasteiger partial charge in [0.15, 0.2) is 5.82 Å².